The Morgan fingerprint density at radius 2 is 2.15 bits per heavy atom. The highest BCUT2D eigenvalue weighted by Crippen LogP contribution is 2.45. The van der Waals surface area contributed by atoms with Gasteiger partial charge in [-0.3, -0.25) is 4.79 Å². The monoisotopic (exact) mass is 377 g/mol. The highest BCUT2D eigenvalue weighted by atomic mass is 35.5. The number of rotatable bonds is 7. The first-order chi connectivity index (χ1) is 12.5. The van der Waals surface area contributed by atoms with E-state index in [1.807, 2.05) is 0 Å². The first-order valence-corrected chi connectivity index (χ1v) is 9.40. The minimum atomic E-state index is -0.343. The lowest BCUT2D eigenvalue weighted by atomic mass is 10.2. The lowest BCUT2D eigenvalue weighted by Gasteiger charge is -2.29. The molecular formula is C19H26ClN4O2+. The number of piperazine rings is 1. The minimum absolute atomic E-state index is 0.143. The molecule has 1 heterocycles. The van der Waals surface area contributed by atoms with Gasteiger partial charge in [-0.2, -0.15) is 0 Å². The molecule has 1 amide bonds. The third-order valence-corrected chi connectivity index (χ3v) is 5.11. The summed E-state index contributed by atoms with van der Waals surface area (Å²) < 4.78 is 5.97. The van der Waals surface area contributed by atoms with Gasteiger partial charge in [0, 0.05) is 22.3 Å². The highest BCUT2D eigenvalue weighted by molar-refractivity contribution is 6.31. The Morgan fingerprint density at radius 1 is 1.42 bits per heavy atom. The van der Waals surface area contributed by atoms with E-state index in [9.17, 15) is 4.79 Å². The zero-order valence-corrected chi connectivity index (χ0v) is 15.8. The topological polar surface area (TPSA) is 82.0 Å². The Bertz CT molecular complexity index is 709. The third-order valence-electron chi connectivity index (χ3n) is 4.87. The van der Waals surface area contributed by atoms with Gasteiger partial charge in [0.05, 0.1) is 32.8 Å². The summed E-state index contributed by atoms with van der Waals surface area (Å²) in [6, 6.07) is 7.01. The number of hydrogen-bond donors (Lipinski definition) is 3. The molecule has 6 nitrogen and oxygen atoms in total. The normalized spacial score (nSPS) is 19.4. The smallest absolute Gasteiger partial charge is 0.293 e. The summed E-state index contributed by atoms with van der Waals surface area (Å²) in [6.07, 6.45) is 3.44. The number of nitrogens with zero attached hydrogens (tertiary/aromatic N) is 1. The summed E-state index contributed by atoms with van der Waals surface area (Å²) in [4.78, 5) is 15.0. The van der Waals surface area contributed by atoms with Gasteiger partial charge in [0.2, 0.25) is 5.76 Å². The second-order valence-electron chi connectivity index (χ2n) is 7.28. The number of carbonyl (C=O) groups excluding carboxylic acids is 1. The van der Waals surface area contributed by atoms with Crippen molar-refractivity contribution in [2.75, 3.05) is 38.1 Å². The number of nitrogens with two attached hydrogens (primary N) is 1. The Kier molecular flexibility index (Phi) is 5.84. The van der Waals surface area contributed by atoms with Crippen LogP contribution in [0.3, 0.4) is 0 Å². The number of benzene rings is 1. The summed E-state index contributed by atoms with van der Waals surface area (Å²) in [5.41, 5.74) is 1.30. The molecular weight excluding hydrogens is 352 g/mol. The number of hydrogen-bond acceptors (Lipinski definition) is 4. The van der Waals surface area contributed by atoms with Crippen LogP contribution in [0, 0.1) is 10.8 Å². The molecule has 1 aromatic rings. The number of carbonyl (C=O) groups is 1. The van der Waals surface area contributed by atoms with Crippen LogP contribution in [-0.2, 0) is 9.53 Å². The standard InChI is InChI=1S/C19H25ClN4O2/c1-19(5-6-19)13-26-17(16(12-21)24-9-7-22-8-10-24)18(25)23-15-4-2-3-14(20)11-15/h2-4,11-12,21-22H,5-10,13H2,1H3,(H,23,25)/p+1. The van der Waals surface area contributed by atoms with Crippen LogP contribution in [0.15, 0.2) is 35.7 Å². The van der Waals surface area contributed by atoms with Crippen molar-refractivity contribution in [1.82, 2.24) is 4.90 Å². The van der Waals surface area contributed by atoms with E-state index in [0.29, 0.717) is 23.0 Å². The van der Waals surface area contributed by atoms with Gasteiger partial charge in [-0.25, -0.2) is 0 Å². The second kappa shape index (κ2) is 8.10. The highest BCUT2D eigenvalue weighted by Gasteiger charge is 2.39. The Labute approximate surface area is 159 Å². The molecule has 1 aromatic carbocycles. The van der Waals surface area contributed by atoms with E-state index < -0.39 is 0 Å². The molecule has 7 heteroatoms. The molecule has 0 spiro atoms. The molecule has 0 unspecified atom stereocenters. The maximum Gasteiger partial charge on any atom is 0.293 e. The lowest BCUT2D eigenvalue weighted by molar-refractivity contribution is -0.662. The molecule has 1 saturated heterocycles. The van der Waals surface area contributed by atoms with Crippen molar-refractivity contribution in [2.24, 2.45) is 5.41 Å². The SMILES string of the molecule is CC1(COC(C(=O)Nc2cccc(Cl)c2)=C(C=N)N2CC[NH2+]CC2)CC1. The van der Waals surface area contributed by atoms with E-state index in [2.05, 4.69) is 22.5 Å². The van der Waals surface area contributed by atoms with Gasteiger partial charge in [-0.05, 0) is 31.0 Å². The van der Waals surface area contributed by atoms with E-state index in [4.69, 9.17) is 21.7 Å². The first kappa shape index (κ1) is 18.7. The van der Waals surface area contributed by atoms with Gasteiger partial charge >= 0.3 is 0 Å². The zero-order valence-electron chi connectivity index (χ0n) is 15.1. The summed E-state index contributed by atoms with van der Waals surface area (Å²) in [5.74, 6) is -0.125. The summed E-state index contributed by atoms with van der Waals surface area (Å²) in [7, 11) is 0. The molecule has 140 valence electrons. The number of amides is 1. The van der Waals surface area contributed by atoms with E-state index >= 15 is 0 Å². The largest absolute Gasteiger partial charge is 0.486 e. The molecule has 2 fully saturated rings. The van der Waals surface area contributed by atoms with Crippen molar-refractivity contribution in [3.05, 3.63) is 40.7 Å². The fourth-order valence-corrected chi connectivity index (χ4v) is 3.10. The van der Waals surface area contributed by atoms with Crippen LogP contribution in [0.1, 0.15) is 19.8 Å². The predicted octanol–water partition coefficient (Wildman–Crippen LogP) is 1.84. The second-order valence-corrected chi connectivity index (χ2v) is 7.71. The van der Waals surface area contributed by atoms with E-state index in [-0.39, 0.29) is 17.1 Å². The first-order valence-electron chi connectivity index (χ1n) is 9.02. The van der Waals surface area contributed by atoms with E-state index in [1.54, 1.807) is 24.3 Å². The Balaban J connectivity index is 1.83. The van der Waals surface area contributed by atoms with Gasteiger partial charge in [0.15, 0.2) is 0 Å². The maximum absolute atomic E-state index is 12.9. The van der Waals surface area contributed by atoms with Gasteiger partial charge in [-0.15, -0.1) is 0 Å². The van der Waals surface area contributed by atoms with Crippen LogP contribution in [0.25, 0.3) is 0 Å². The molecule has 1 saturated carbocycles. The molecule has 0 bridgehead atoms. The molecule has 0 atom stereocenters. The number of ether oxygens (including phenoxy) is 1. The average molecular weight is 378 g/mol. The van der Waals surface area contributed by atoms with Crippen LogP contribution >= 0.6 is 11.6 Å². The summed E-state index contributed by atoms with van der Waals surface area (Å²) in [5, 5.41) is 13.5. The van der Waals surface area contributed by atoms with Crippen LogP contribution in [0.4, 0.5) is 5.69 Å². The molecule has 2 aliphatic rings. The predicted molar refractivity (Wildman–Crippen MR) is 102 cm³/mol. The van der Waals surface area contributed by atoms with E-state index in [1.165, 1.54) is 6.21 Å². The fourth-order valence-electron chi connectivity index (χ4n) is 2.91. The molecule has 26 heavy (non-hydrogen) atoms. The van der Waals surface area contributed by atoms with E-state index in [0.717, 1.165) is 39.0 Å². The lowest BCUT2D eigenvalue weighted by Crippen LogP contribution is -2.89. The van der Waals surface area contributed by atoms with Gasteiger partial charge in [0.25, 0.3) is 5.91 Å². The number of anilines is 1. The van der Waals surface area contributed by atoms with Gasteiger partial charge < -0.3 is 25.7 Å². The van der Waals surface area contributed by atoms with Crippen molar-refractivity contribution in [1.29, 1.82) is 5.41 Å². The maximum atomic E-state index is 12.9. The van der Waals surface area contributed by atoms with Crippen molar-refractivity contribution < 1.29 is 14.8 Å². The fraction of sp³-hybridized carbons (Fsp3) is 0.474. The third kappa shape index (κ3) is 4.77. The van der Waals surface area contributed by atoms with Gasteiger partial charge in [-0.1, -0.05) is 24.6 Å². The Morgan fingerprint density at radius 3 is 2.77 bits per heavy atom. The molecule has 4 N–H and O–H groups in total. The van der Waals surface area contributed by atoms with Crippen molar-refractivity contribution in [3.8, 4) is 0 Å². The molecule has 1 aliphatic heterocycles. The summed E-state index contributed by atoms with van der Waals surface area (Å²) in [6.45, 7) is 6.11. The Hall–Kier alpha value is -2.05. The number of quaternary nitrogens is 1. The average Bonchev–Trinajstić information content (AvgIpc) is 3.37. The van der Waals surface area contributed by atoms with Crippen molar-refractivity contribution >= 4 is 29.4 Å². The zero-order chi connectivity index (χ0) is 18.6. The molecule has 3 rings (SSSR count). The quantitative estimate of drug-likeness (QED) is 0.385. The molecule has 0 radical (unpaired) electrons. The summed E-state index contributed by atoms with van der Waals surface area (Å²) >= 11 is 6.01. The van der Waals surface area contributed by atoms with Crippen LogP contribution in [0.5, 0.6) is 0 Å². The van der Waals surface area contributed by atoms with Crippen LogP contribution in [-0.4, -0.2) is 49.8 Å². The van der Waals surface area contributed by atoms with Crippen molar-refractivity contribution in [3.63, 3.8) is 0 Å². The minimum Gasteiger partial charge on any atom is -0.486 e. The van der Waals surface area contributed by atoms with Crippen LogP contribution < -0.4 is 10.6 Å². The van der Waals surface area contributed by atoms with Crippen molar-refractivity contribution in [2.45, 2.75) is 19.8 Å². The number of halogens is 1. The van der Waals surface area contributed by atoms with Crippen LogP contribution in [0.2, 0.25) is 5.02 Å². The number of allylic oxidation sites excluding steroid dienone is 1. The molecule has 1 aliphatic carbocycles. The number of nitrogens with one attached hydrogen (secondary N) is 2. The van der Waals surface area contributed by atoms with Gasteiger partial charge in [0.1, 0.15) is 5.70 Å². The molecule has 0 aromatic heterocycles.